The van der Waals surface area contributed by atoms with Gasteiger partial charge in [-0.05, 0) is 30.0 Å². The second-order valence-corrected chi connectivity index (χ2v) is 4.79. The third-order valence-electron chi connectivity index (χ3n) is 2.94. The lowest BCUT2D eigenvalue weighted by Crippen LogP contribution is -2.11. The zero-order valence-electron chi connectivity index (χ0n) is 9.42. The molecule has 0 radical (unpaired) electrons. The predicted octanol–water partition coefficient (Wildman–Crippen LogP) is 3.02. The second-order valence-electron chi connectivity index (χ2n) is 4.38. The summed E-state index contributed by atoms with van der Waals surface area (Å²) in [6.45, 7) is 1.41. The lowest BCUT2D eigenvalue weighted by molar-refractivity contribution is -0.119. The molecule has 2 rings (SSSR count). The Hall–Kier alpha value is -0.930. The van der Waals surface area contributed by atoms with Gasteiger partial charge in [0.2, 0.25) is 0 Å². The van der Waals surface area contributed by atoms with Gasteiger partial charge in [-0.3, -0.25) is 4.79 Å². The van der Waals surface area contributed by atoms with Crippen LogP contribution in [0.2, 0.25) is 5.02 Å². The number of ketones is 1. The lowest BCUT2D eigenvalue weighted by Gasteiger charge is -2.07. The Kier molecular flexibility index (Phi) is 4.13. The van der Waals surface area contributed by atoms with Gasteiger partial charge < -0.3 is 4.74 Å². The van der Waals surface area contributed by atoms with E-state index in [1.165, 1.54) is 12.1 Å². The fraction of sp³-hybridized carbons (Fsp3) is 0.462. The van der Waals surface area contributed by atoms with Crippen molar-refractivity contribution in [2.24, 2.45) is 5.92 Å². The van der Waals surface area contributed by atoms with E-state index in [9.17, 15) is 9.18 Å². The summed E-state index contributed by atoms with van der Waals surface area (Å²) in [6.07, 6.45) is 1.74. The highest BCUT2D eigenvalue weighted by atomic mass is 35.5. The summed E-state index contributed by atoms with van der Waals surface area (Å²) >= 11 is 5.87. The first-order chi connectivity index (χ1) is 8.15. The summed E-state index contributed by atoms with van der Waals surface area (Å²) in [6, 6.07) is 4.14. The van der Waals surface area contributed by atoms with Crippen molar-refractivity contribution in [1.82, 2.24) is 0 Å². The Bertz CT molecular complexity index is 414. The van der Waals surface area contributed by atoms with Crippen molar-refractivity contribution >= 4 is 17.4 Å². The van der Waals surface area contributed by atoms with Gasteiger partial charge in [-0.2, -0.15) is 0 Å². The van der Waals surface area contributed by atoms with Crippen LogP contribution in [0.3, 0.4) is 0 Å². The molecule has 0 bridgehead atoms. The topological polar surface area (TPSA) is 26.3 Å². The molecule has 1 saturated heterocycles. The van der Waals surface area contributed by atoms with Gasteiger partial charge in [0.05, 0.1) is 0 Å². The fourth-order valence-electron chi connectivity index (χ4n) is 2.02. The minimum atomic E-state index is -0.379. The highest BCUT2D eigenvalue weighted by molar-refractivity contribution is 6.31. The Balaban J connectivity index is 1.93. The summed E-state index contributed by atoms with van der Waals surface area (Å²) in [7, 11) is 0. The van der Waals surface area contributed by atoms with E-state index in [2.05, 4.69) is 0 Å². The number of halogens is 2. The van der Waals surface area contributed by atoms with Crippen LogP contribution >= 0.6 is 11.6 Å². The van der Waals surface area contributed by atoms with Crippen LogP contribution in [0.4, 0.5) is 4.39 Å². The molecule has 1 aliphatic rings. The van der Waals surface area contributed by atoms with Gasteiger partial charge in [-0.1, -0.05) is 17.7 Å². The molecular weight excluding hydrogens is 243 g/mol. The highest BCUT2D eigenvalue weighted by Gasteiger charge is 2.19. The molecule has 1 aliphatic heterocycles. The minimum Gasteiger partial charge on any atom is -0.381 e. The second kappa shape index (κ2) is 5.61. The minimum absolute atomic E-state index is 0.133. The normalized spacial score (nSPS) is 19.5. The average molecular weight is 257 g/mol. The van der Waals surface area contributed by atoms with Crippen LogP contribution in [0, 0.1) is 11.7 Å². The molecular formula is C13H14ClFO2. The van der Waals surface area contributed by atoms with E-state index in [0.29, 0.717) is 29.5 Å². The maximum Gasteiger partial charge on any atom is 0.137 e. The Morgan fingerprint density at radius 3 is 3.00 bits per heavy atom. The molecule has 1 atom stereocenters. The summed E-state index contributed by atoms with van der Waals surface area (Å²) in [5.74, 6) is 0.0890. The summed E-state index contributed by atoms with van der Waals surface area (Å²) < 4.78 is 18.0. The molecule has 0 saturated carbocycles. The van der Waals surface area contributed by atoms with Crippen molar-refractivity contribution in [3.8, 4) is 0 Å². The first-order valence-corrected chi connectivity index (χ1v) is 6.06. The van der Waals surface area contributed by atoms with E-state index in [4.69, 9.17) is 16.3 Å². The molecule has 92 valence electrons. The number of rotatable bonds is 4. The Morgan fingerprint density at radius 2 is 2.35 bits per heavy atom. The van der Waals surface area contributed by atoms with Gasteiger partial charge in [0.1, 0.15) is 11.6 Å². The van der Waals surface area contributed by atoms with Crippen molar-refractivity contribution in [2.75, 3.05) is 13.2 Å². The van der Waals surface area contributed by atoms with Crippen LogP contribution < -0.4 is 0 Å². The molecule has 1 fully saturated rings. The van der Waals surface area contributed by atoms with Gasteiger partial charge in [0.25, 0.3) is 0 Å². The molecule has 2 nitrogen and oxygen atoms in total. The van der Waals surface area contributed by atoms with Crippen molar-refractivity contribution in [3.05, 3.63) is 34.6 Å². The van der Waals surface area contributed by atoms with E-state index < -0.39 is 0 Å². The Morgan fingerprint density at radius 1 is 1.53 bits per heavy atom. The number of ether oxygens (including phenoxy) is 1. The van der Waals surface area contributed by atoms with Gasteiger partial charge in [-0.25, -0.2) is 4.39 Å². The zero-order valence-corrected chi connectivity index (χ0v) is 10.2. The van der Waals surface area contributed by atoms with E-state index in [-0.39, 0.29) is 18.0 Å². The molecule has 1 unspecified atom stereocenters. The third kappa shape index (κ3) is 3.51. The quantitative estimate of drug-likeness (QED) is 0.828. The molecule has 0 N–H and O–H groups in total. The Labute approximate surface area is 105 Å². The van der Waals surface area contributed by atoms with E-state index in [1.54, 1.807) is 6.07 Å². The summed E-state index contributed by atoms with van der Waals surface area (Å²) in [5.41, 5.74) is 0.692. The van der Waals surface area contributed by atoms with Crippen molar-refractivity contribution < 1.29 is 13.9 Å². The number of benzene rings is 1. The number of Topliss-reactive ketones (excluding diaryl/α,β-unsaturated/α-hetero) is 1. The molecule has 1 aromatic carbocycles. The molecule has 0 amide bonds. The lowest BCUT2D eigenvalue weighted by atomic mass is 9.98. The average Bonchev–Trinajstić information content (AvgIpc) is 2.75. The fourth-order valence-corrected chi connectivity index (χ4v) is 2.25. The summed E-state index contributed by atoms with van der Waals surface area (Å²) in [4.78, 5) is 11.8. The van der Waals surface area contributed by atoms with Crippen molar-refractivity contribution in [2.45, 2.75) is 19.3 Å². The van der Waals surface area contributed by atoms with Gasteiger partial charge in [-0.15, -0.1) is 0 Å². The van der Waals surface area contributed by atoms with Crippen LogP contribution in [0.25, 0.3) is 0 Å². The molecule has 0 aliphatic carbocycles. The van der Waals surface area contributed by atoms with E-state index in [0.717, 1.165) is 13.0 Å². The maximum absolute atomic E-state index is 12.8. The molecule has 1 aromatic rings. The third-order valence-corrected chi connectivity index (χ3v) is 3.29. The molecule has 0 spiro atoms. The first-order valence-electron chi connectivity index (χ1n) is 5.68. The molecule has 17 heavy (non-hydrogen) atoms. The van der Waals surface area contributed by atoms with Crippen LogP contribution in [-0.4, -0.2) is 19.0 Å². The molecule has 1 heterocycles. The SMILES string of the molecule is O=C(Cc1ccc(F)cc1Cl)CC1CCOC1. The predicted molar refractivity (Wildman–Crippen MR) is 63.7 cm³/mol. The van der Waals surface area contributed by atoms with Gasteiger partial charge >= 0.3 is 0 Å². The van der Waals surface area contributed by atoms with Gasteiger partial charge in [0.15, 0.2) is 0 Å². The van der Waals surface area contributed by atoms with E-state index >= 15 is 0 Å². The van der Waals surface area contributed by atoms with Crippen LogP contribution in [0.1, 0.15) is 18.4 Å². The standard InChI is InChI=1S/C13H14ClFO2/c14-13-7-11(15)2-1-10(13)6-12(16)5-9-3-4-17-8-9/h1-2,7,9H,3-6,8H2. The van der Waals surface area contributed by atoms with Crippen molar-refractivity contribution in [3.63, 3.8) is 0 Å². The monoisotopic (exact) mass is 256 g/mol. The summed E-state index contributed by atoms with van der Waals surface area (Å²) in [5, 5.41) is 0.320. The molecule has 4 heteroatoms. The highest BCUT2D eigenvalue weighted by Crippen LogP contribution is 2.21. The van der Waals surface area contributed by atoms with Crippen LogP contribution in [0.5, 0.6) is 0 Å². The van der Waals surface area contributed by atoms with Crippen LogP contribution in [0.15, 0.2) is 18.2 Å². The van der Waals surface area contributed by atoms with Gasteiger partial charge in [0, 0.05) is 31.1 Å². The van der Waals surface area contributed by atoms with Crippen LogP contribution in [-0.2, 0) is 16.0 Å². The zero-order chi connectivity index (χ0) is 12.3. The number of carbonyl (C=O) groups is 1. The number of carbonyl (C=O) groups excluding carboxylic acids is 1. The van der Waals surface area contributed by atoms with E-state index in [1.807, 2.05) is 0 Å². The number of hydrogen-bond acceptors (Lipinski definition) is 2. The molecule has 0 aromatic heterocycles. The largest absolute Gasteiger partial charge is 0.381 e. The maximum atomic E-state index is 12.8. The number of hydrogen-bond donors (Lipinski definition) is 0. The first kappa shape index (κ1) is 12.5. The smallest absolute Gasteiger partial charge is 0.137 e. The van der Waals surface area contributed by atoms with Crippen molar-refractivity contribution in [1.29, 1.82) is 0 Å².